The van der Waals surface area contributed by atoms with Crippen LogP contribution in [0.2, 0.25) is 0 Å². The van der Waals surface area contributed by atoms with E-state index in [2.05, 4.69) is 22.8 Å². The van der Waals surface area contributed by atoms with Crippen LogP contribution in [0.5, 0.6) is 0 Å². The number of benzene rings is 1. The summed E-state index contributed by atoms with van der Waals surface area (Å²) in [5.74, 6) is 0. The highest BCUT2D eigenvalue weighted by molar-refractivity contribution is 5.16. The Bertz CT molecular complexity index is 382. The zero-order valence-electron chi connectivity index (χ0n) is 9.58. The predicted molar refractivity (Wildman–Crippen MR) is 64.4 cm³/mol. The Labute approximate surface area is 101 Å². The van der Waals surface area contributed by atoms with E-state index in [9.17, 15) is 10.2 Å². The molecule has 0 radical (unpaired) electrons. The lowest BCUT2D eigenvalue weighted by atomic mass is 9.90. The SMILES string of the molecule is O[C@@H]1[C@H](O)[C@@H]2N[C@H]1C[C@@H]2NCc1ccccc1. The van der Waals surface area contributed by atoms with Crippen LogP contribution >= 0.6 is 0 Å². The van der Waals surface area contributed by atoms with Gasteiger partial charge in [-0.2, -0.15) is 0 Å². The third-order valence-electron chi connectivity index (χ3n) is 3.89. The van der Waals surface area contributed by atoms with Gasteiger partial charge in [-0.1, -0.05) is 30.3 Å². The van der Waals surface area contributed by atoms with Gasteiger partial charge >= 0.3 is 0 Å². The van der Waals surface area contributed by atoms with Crippen LogP contribution in [-0.2, 0) is 6.54 Å². The second-order valence-electron chi connectivity index (χ2n) is 4.99. The minimum atomic E-state index is -0.637. The standard InChI is InChI=1S/C13H18N2O2/c16-12-10-6-9(11(15-10)13(12)17)14-7-8-4-2-1-3-5-8/h1-5,9-17H,6-7H2/t9-,10-,11+,12-,13+/m0/s1. The number of aliphatic hydroxyl groups is 2. The van der Waals surface area contributed by atoms with E-state index in [1.165, 1.54) is 5.56 Å². The molecule has 1 aromatic carbocycles. The van der Waals surface area contributed by atoms with Gasteiger partial charge in [-0.3, -0.25) is 0 Å². The fraction of sp³-hybridized carbons (Fsp3) is 0.538. The van der Waals surface area contributed by atoms with Crippen molar-refractivity contribution in [3.63, 3.8) is 0 Å². The van der Waals surface area contributed by atoms with E-state index < -0.39 is 12.2 Å². The van der Waals surface area contributed by atoms with E-state index in [4.69, 9.17) is 0 Å². The highest BCUT2D eigenvalue weighted by Crippen LogP contribution is 2.29. The Hall–Kier alpha value is -0.940. The van der Waals surface area contributed by atoms with E-state index in [0.29, 0.717) is 0 Å². The Morgan fingerprint density at radius 2 is 1.94 bits per heavy atom. The molecule has 2 saturated heterocycles. The van der Waals surface area contributed by atoms with Crippen molar-refractivity contribution in [3.05, 3.63) is 35.9 Å². The van der Waals surface area contributed by atoms with Crippen LogP contribution in [0.1, 0.15) is 12.0 Å². The molecule has 3 rings (SSSR count). The minimum absolute atomic E-state index is 0.0151. The van der Waals surface area contributed by atoms with Crippen LogP contribution in [0, 0.1) is 0 Å². The first-order valence-electron chi connectivity index (χ1n) is 6.15. The summed E-state index contributed by atoms with van der Waals surface area (Å²) >= 11 is 0. The average Bonchev–Trinajstić information content (AvgIpc) is 2.89. The van der Waals surface area contributed by atoms with Crippen molar-refractivity contribution in [3.8, 4) is 0 Å². The number of fused-ring (bicyclic) bond motifs is 2. The highest BCUT2D eigenvalue weighted by atomic mass is 16.3. The van der Waals surface area contributed by atoms with Crippen LogP contribution in [0.3, 0.4) is 0 Å². The van der Waals surface area contributed by atoms with Crippen LogP contribution in [0.15, 0.2) is 30.3 Å². The van der Waals surface area contributed by atoms with Crippen molar-refractivity contribution >= 4 is 0 Å². The molecule has 2 aliphatic rings. The van der Waals surface area contributed by atoms with Gasteiger partial charge in [0.1, 0.15) is 0 Å². The lowest BCUT2D eigenvalue weighted by Crippen LogP contribution is -2.50. The lowest BCUT2D eigenvalue weighted by Gasteiger charge is -2.28. The van der Waals surface area contributed by atoms with Crippen molar-refractivity contribution in [2.75, 3.05) is 0 Å². The van der Waals surface area contributed by atoms with Gasteiger partial charge in [0.25, 0.3) is 0 Å². The van der Waals surface area contributed by atoms with E-state index in [1.54, 1.807) is 0 Å². The maximum atomic E-state index is 9.80. The largest absolute Gasteiger partial charge is 0.389 e. The van der Waals surface area contributed by atoms with Gasteiger partial charge in [0.05, 0.1) is 18.2 Å². The molecule has 4 heteroatoms. The van der Waals surface area contributed by atoms with Crippen molar-refractivity contribution in [1.82, 2.24) is 10.6 Å². The summed E-state index contributed by atoms with van der Waals surface area (Å²) in [4.78, 5) is 0. The molecule has 2 aliphatic heterocycles. The Morgan fingerprint density at radius 1 is 1.18 bits per heavy atom. The second kappa shape index (κ2) is 4.38. The first kappa shape index (κ1) is 11.2. The maximum Gasteiger partial charge on any atom is 0.0982 e. The molecule has 2 heterocycles. The van der Waals surface area contributed by atoms with Gasteiger partial charge in [0, 0.05) is 18.6 Å². The molecule has 0 aliphatic carbocycles. The van der Waals surface area contributed by atoms with Gasteiger partial charge in [0.15, 0.2) is 0 Å². The molecule has 0 aromatic heterocycles. The monoisotopic (exact) mass is 234 g/mol. The Morgan fingerprint density at radius 3 is 2.59 bits per heavy atom. The third kappa shape index (κ3) is 1.98. The van der Waals surface area contributed by atoms with Crippen LogP contribution in [-0.4, -0.2) is 40.5 Å². The van der Waals surface area contributed by atoms with E-state index in [1.807, 2.05) is 18.2 Å². The van der Waals surface area contributed by atoms with Crippen LogP contribution in [0.4, 0.5) is 0 Å². The molecule has 0 spiro atoms. The van der Waals surface area contributed by atoms with Gasteiger partial charge in [-0.25, -0.2) is 0 Å². The number of aliphatic hydroxyl groups excluding tert-OH is 2. The number of hydrogen-bond acceptors (Lipinski definition) is 4. The predicted octanol–water partition coefficient (Wildman–Crippen LogP) is -0.389. The molecule has 4 N–H and O–H groups in total. The molecule has 2 bridgehead atoms. The number of nitrogens with one attached hydrogen (secondary N) is 2. The van der Waals surface area contributed by atoms with Gasteiger partial charge in [0.2, 0.25) is 0 Å². The molecule has 0 saturated carbocycles. The quantitative estimate of drug-likeness (QED) is 0.575. The first-order valence-corrected chi connectivity index (χ1v) is 6.15. The molecule has 5 atom stereocenters. The van der Waals surface area contributed by atoms with E-state index in [-0.39, 0.29) is 18.1 Å². The average molecular weight is 234 g/mol. The molecule has 1 aromatic rings. The zero-order valence-corrected chi connectivity index (χ0v) is 9.58. The summed E-state index contributed by atoms with van der Waals surface area (Å²) in [5, 5.41) is 26.2. The summed E-state index contributed by atoms with van der Waals surface area (Å²) in [6.07, 6.45) is -0.354. The molecular formula is C13H18N2O2. The molecule has 4 nitrogen and oxygen atoms in total. The van der Waals surface area contributed by atoms with Gasteiger partial charge in [-0.15, -0.1) is 0 Å². The van der Waals surface area contributed by atoms with Gasteiger partial charge < -0.3 is 20.8 Å². The van der Waals surface area contributed by atoms with E-state index >= 15 is 0 Å². The first-order chi connectivity index (χ1) is 8.25. The Kier molecular flexibility index (Phi) is 2.88. The molecule has 0 amide bonds. The smallest absolute Gasteiger partial charge is 0.0982 e. The van der Waals surface area contributed by atoms with E-state index in [0.717, 1.165) is 13.0 Å². The Balaban J connectivity index is 1.58. The van der Waals surface area contributed by atoms with Crippen molar-refractivity contribution in [2.45, 2.75) is 43.3 Å². The fourth-order valence-electron chi connectivity index (χ4n) is 2.93. The van der Waals surface area contributed by atoms with Crippen molar-refractivity contribution in [1.29, 1.82) is 0 Å². The molecule has 92 valence electrons. The summed E-state index contributed by atoms with van der Waals surface area (Å²) in [5.41, 5.74) is 1.24. The molecular weight excluding hydrogens is 216 g/mol. The van der Waals surface area contributed by atoms with Crippen LogP contribution < -0.4 is 10.6 Å². The maximum absolute atomic E-state index is 9.80. The number of hydrogen-bond donors (Lipinski definition) is 4. The summed E-state index contributed by atoms with van der Waals surface area (Å²) < 4.78 is 0. The third-order valence-corrected chi connectivity index (χ3v) is 3.89. The molecule has 0 unspecified atom stereocenters. The summed E-state index contributed by atoms with van der Waals surface area (Å²) in [7, 11) is 0. The molecule has 2 fully saturated rings. The highest BCUT2D eigenvalue weighted by Gasteiger charge is 2.51. The zero-order chi connectivity index (χ0) is 11.8. The summed E-state index contributed by atoms with van der Waals surface area (Å²) in [6.45, 7) is 0.805. The fourth-order valence-corrected chi connectivity index (χ4v) is 2.93. The summed E-state index contributed by atoms with van der Waals surface area (Å²) in [6, 6.07) is 10.5. The van der Waals surface area contributed by atoms with Crippen molar-refractivity contribution in [2.24, 2.45) is 0 Å². The normalized spacial score (nSPS) is 39.8. The van der Waals surface area contributed by atoms with Crippen molar-refractivity contribution < 1.29 is 10.2 Å². The molecule has 17 heavy (non-hydrogen) atoms. The number of rotatable bonds is 3. The lowest BCUT2D eigenvalue weighted by molar-refractivity contribution is 0.00392. The topological polar surface area (TPSA) is 64.5 Å². The minimum Gasteiger partial charge on any atom is -0.389 e. The van der Waals surface area contributed by atoms with Gasteiger partial charge in [-0.05, 0) is 12.0 Å². The van der Waals surface area contributed by atoms with Crippen LogP contribution in [0.25, 0.3) is 0 Å². The second-order valence-corrected chi connectivity index (χ2v) is 4.99.